The molecule has 7 heteroatoms. The first-order chi connectivity index (χ1) is 14.7. The first-order valence-corrected chi connectivity index (χ1v) is 10.1. The summed E-state index contributed by atoms with van der Waals surface area (Å²) in [6, 6.07) is 15.3. The molecule has 0 saturated carbocycles. The van der Waals surface area contributed by atoms with Crippen molar-refractivity contribution in [1.82, 2.24) is 9.99 Å². The second-order valence-electron chi connectivity index (χ2n) is 8.14. The van der Waals surface area contributed by atoms with Gasteiger partial charge < -0.3 is 4.57 Å². The fourth-order valence-electron chi connectivity index (χ4n) is 2.99. The average molecular weight is 440 g/mol. The van der Waals surface area contributed by atoms with Crippen LogP contribution in [-0.4, -0.2) is 16.7 Å². The molecule has 160 valence electrons. The molecule has 0 fully saturated rings. The Bertz CT molecular complexity index is 1160. The Morgan fingerprint density at radius 2 is 1.84 bits per heavy atom. The number of hydrazone groups is 1. The number of carbonyl (C=O) groups is 1. The molecule has 1 aromatic heterocycles. The number of pyridine rings is 1. The predicted octanol–water partition coefficient (Wildman–Crippen LogP) is 4.75. The molecule has 31 heavy (non-hydrogen) atoms. The van der Waals surface area contributed by atoms with Crippen molar-refractivity contribution >= 4 is 23.7 Å². The van der Waals surface area contributed by atoms with Crippen LogP contribution in [0.25, 0.3) is 0 Å². The fraction of sp³-hybridized carbons (Fsp3) is 0.208. The predicted molar refractivity (Wildman–Crippen MR) is 121 cm³/mol. The molecule has 0 saturated heterocycles. The van der Waals surface area contributed by atoms with E-state index in [9.17, 15) is 14.0 Å². The third kappa shape index (κ3) is 5.47. The van der Waals surface area contributed by atoms with E-state index < -0.39 is 17.3 Å². The second-order valence-corrected chi connectivity index (χ2v) is 8.54. The molecule has 0 aliphatic carbocycles. The van der Waals surface area contributed by atoms with Crippen molar-refractivity contribution in [2.24, 2.45) is 5.10 Å². The lowest BCUT2D eigenvalue weighted by molar-refractivity contribution is 0.0953. The maximum atomic E-state index is 13.8. The zero-order valence-corrected chi connectivity index (χ0v) is 18.3. The summed E-state index contributed by atoms with van der Waals surface area (Å²) in [6.45, 7) is 6.74. The van der Waals surface area contributed by atoms with Gasteiger partial charge in [-0.15, -0.1) is 0 Å². The van der Waals surface area contributed by atoms with Crippen molar-refractivity contribution < 1.29 is 9.18 Å². The van der Waals surface area contributed by atoms with E-state index >= 15 is 0 Å². The van der Waals surface area contributed by atoms with Crippen LogP contribution in [0.4, 0.5) is 4.39 Å². The number of hydrogen-bond acceptors (Lipinski definition) is 3. The summed E-state index contributed by atoms with van der Waals surface area (Å²) in [5, 5.41) is 3.89. The van der Waals surface area contributed by atoms with Gasteiger partial charge in [0, 0.05) is 11.8 Å². The smallest absolute Gasteiger partial charge is 0.276 e. The van der Waals surface area contributed by atoms with E-state index in [1.807, 2.05) is 24.3 Å². The lowest BCUT2D eigenvalue weighted by atomic mass is 9.87. The van der Waals surface area contributed by atoms with E-state index in [1.54, 1.807) is 12.3 Å². The van der Waals surface area contributed by atoms with Crippen LogP contribution < -0.4 is 11.0 Å². The molecule has 0 spiro atoms. The number of hydrogen-bond donors (Lipinski definition) is 1. The fourth-order valence-corrected chi connectivity index (χ4v) is 3.20. The number of halogens is 2. The quantitative estimate of drug-likeness (QED) is 0.460. The van der Waals surface area contributed by atoms with Gasteiger partial charge in [0.25, 0.3) is 11.5 Å². The average Bonchev–Trinajstić information content (AvgIpc) is 2.71. The first kappa shape index (κ1) is 22.4. The normalized spacial score (nSPS) is 11.6. The summed E-state index contributed by atoms with van der Waals surface area (Å²) in [4.78, 5) is 25.2. The second kappa shape index (κ2) is 9.27. The zero-order chi connectivity index (χ0) is 22.6. The molecule has 0 aliphatic heterocycles. The highest BCUT2D eigenvalue weighted by Crippen LogP contribution is 2.22. The van der Waals surface area contributed by atoms with Gasteiger partial charge in [-0.05, 0) is 40.8 Å². The molecule has 3 aromatic rings. The molecule has 0 atom stereocenters. The van der Waals surface area contributed by atoms with Gasteiger partial charge in [0.1, 0.15) is 11.4 Å². The summed E-state index contributed by atoms with van der Waals surface area (Å²) in [6.07, 6.45) is 2.73. The van der Waals surface area contributed by atoms with Crippen LogP contribution >= 0.6 is 11.6 Å². The highest BCUT2D eigenvalue weighted by molar-refractivity contribution is 6.33. The van der Waals surface area contributed by atoms with Crippen LogP contribution in [0.5, 0.6) is 0 Å². The Kier molecular flexibility index (Phi) is 6.71. The van der Waals surface area contributed by atoms with Gasteiger partial charge in [0.05, 0.1) is 17.8 Å². The van der Waals surface area contributed by atoms with Gasteiger partial charge >= 0.3 is 0 Å². The Hall–Kier alpha value is -3.25. The number of nitrogens with zero attached hydrogens (tertiary/aromatic N) is 2. The number of benzene rings is 2. The number of carbonyl (C=O) groups excluding carboxylic acids is 1. The van der Waals surface area contributed by atoms with E-state index in [0.717, 1.165) is 11.8 Å². The lowest BCUT2D eigenvalue weighted by Crippen LogP contribution is -2.31. The van der Waals surface area contributed by atoms with Crippen LogP contribution in [0.2, 0.25) is 5.02 Å². The van der Waals surface area contributed by atoms with Gasteiger partial charge in [-0.2, -0.15) is 5.10 Å². The van der Waals surface area contributed by atoms with Gasteiger partial charge in [0.2, 0.25) is 0 Å². The molecule has 2 aromatic carbocycles. The van der Waals surface area contributed by atoms with Crippen LogP contribution in [0.1, 0.15) is 47.8 Å². The molecule has 5 nitrogen and oxygen atoms in total. The van der Waals surface area contributed by atoms with E-state index in [1.165, 1.54) is 34.4 Å². The summed E-state index contributed by atoms with van der Waals surface area (Å²) >= 11 is 5.92. The summed E-state index contributed by atoms with van der Waals surface area (Å²) < 4.78 is 15.2. The van der Waals surface area contributed by atoms with Gasteiger partial charge in [-0.25, -0.2) is 9.82 Å². The number of rotatable bonds is 5. The highest BCUT2D eigenvalue weighted by Gasteiger charge is 2.14. The largest absolute Gasteiger partial charge is 0.310 e. The van der Waals surface area contributed by atoms with Crippen molar-refractivity contribution in [2.45, 2.75) is 32.7 Å². The highest BCUT2D eigenvalue weighted by atomic mass is 35.5. The molecule has 1 N–H and O–H groups in total. The monoisotopic (exact) mass is 439 g/mol. The molecule has 0 bridgehead atoms. The molecule has 0 radical (unpaired) electrons. The minimum atomic E-state index is -0.689. The molecule has 0 unspecified atom stereocenters. The molecule has 1 amide bonds. The van der Waals surface area contributed by atoms with E-state index in [2.05, 4.69) is 31.3 Å². The minimum Gasteiger partial charge on any atom is -0.310 e. The molecule has 3 rings (SSSR count). The van der Waals surface area contributed by atoms with E-state index in [0.29, 0.717) is 6.54 Å². The Balaban J connectivity index is 1.75. The molecule has 0 aliphatic rings. The zero-order valence-electron chi connectivity index (χ0n) is 17.5. The Morgan fingerprint density at radius 1 is 1.13 bits per heavy atom. The van der Waals surface area contributed by atoms with Crippen molar-refractivity contribution in [3.05, 3.63) is 104 Å². The lowest BCUT2D eigenvalue weighted by Gasteiger charge is -2.19. The van der Waals surface area contributed by atoms with Crippen molar-refractivity contribution in [1.29, 1.82) is 0 Å². The number of amides is 1. The molecular formula is C24H23ClFN3O2. The van der Waals surface area contributed by atoms with Crippen molar-refractivity contribution in [3.8, 4) is 0 Å². The van der Waals surface area contributed by atoms with E-state index in [-0.39, 0.29) is 21.6 Å². The topological polar surface area (TPSA) is 63.5 Å². The Labute approximate surface area is 185 Å². The van der Waals surface area contributed by atoms with Crippen molar-refractivity contribution in [3.63, 3.8) is 0 Å². The van der Waals surface area contributed by atoms with Crippen LogP contribution in [-0.2, 0) is 12.0 Å². The standard InChI is InChI=1S/C24H23ClFN3O2/c1-24(2,3)17-11-9-16(10-12-17)15-29-13-5-6-18(23(29)31)22(30)28-27-14-19-20(25)7-4-8-21(19)26/h4-14H,15H2,1-3H3,(H,28,30)/b27-14-. The van der Waals surface area contributed by atoms with Crippen molar-refractivity contribution in [2.75, 3.05) is 0 Å². The minimum absolute atomic E-state index is 0.0424. The third-order valence-corrected chi connectivity index (χ3v) is 5.13. The van der Waals surface area contributed by atoms with E-state index in [4.69, 9.17) is 11.6 Å². The summed E-state index contributed by atoms with van der Waals surface area (Å²) in [5.74, 6) is -1.25. The van der Waals surface area contributed by atoms with Crippen LogP contribution in [0.3, 0.4) is 0 Å². The third-order valence-electron chi connectivity index (χ3n) is 4.80. The maximum Gasteiger partial charge on any atom is 0.276 e. The summed E-state index contributed by atoms with van der Waals surface area (Å²) in [5.41, 5.74) is 3.98. The number of aromatic nitrogens is 1. The number of nitrogens with one attached hydrogen (secondary N) is 1. The van der Waals surface area contributed by atoms with Gasteiger partial charge in [-0.3, -0.25) is 9.59 Å². The Morgan fingerprint density at radius 3 is 2.48 bits per heavy atom. The maximum absolute atomic E-state index is 13.8. The first-order valence-electron chi connectivity index (χ1n) is 9.73. The van der Waals surface area contributed by atoms with Crippen LogP contribution in [0, 0.1) is 5.82 Å². The summed E-state index contributed by atoms with van der Waals surface area (Å²) in [7, 11) is 0. The molecular weight excluding hydrogens is 417 g/mol. The van der Waals surface area contributed by atoms with Gasteiger partial charge in [0.15, 0.2) is 0 Å². The SMILES string of the molecule is CC(C)(C)c1ccc(Cn2cccc(C(=O)N/N=C\c3c(F)cccc3Cl)c2=O)cc1. The van der Waals surface area contributed by atoms with Crippen LogP contribution in [0.15, 0.2) is 70.7 Å². The molecule has 1 heterocycles. The van der Waals surface area contributed by atoms with Gasteiger partial charge in [-0.1, -0.05) is 62.7 Å².